The van der Waals surface area contributed by atoms with Gasteiger partial charge in [0, 0.05) is 12.6 Å². The minimum absolute atomic E-state index is 0.183. The monoisotopic (exact) mass is 227 g/mol. The molecule has 0 unspecified atom stereocenters. The average molecular weight is 227 g/mol. The van der Waals surface area contributed by atoms with Crippen LogP contribution in [0.2, 0.25) is 0 Å². The second-order valence-corrected chi connectivity index (χ2v) is 4.44. The lowest BCUT2D eigenvalue weighted by molar-refractivity contribution is 0.933. The Morgan fingerprint density at radius 2 is 2.06 bits per heavy atom. The lowest BCUT2D eigenvalue weighted by Gasteiger charge is -2.07. The van der Waals surface area contributed by atoms with Crippen molar-refractivity contribution >= 4 is 12.3 Å². The summed E-state index contributed by atoms with van der Waals surface area (Å²) in [4.78, 5) is 11.5. The number of benzene rings is 1. The number of aryl methyl sites for hydroxylation is 2. The van der Waals surface area contributed by atoms with Crippen LogP contribution in [-0.4, -0.2) is 14.8 Å². The molecule has 1 aromatic heterocycles. The SMILES string of the molecule is Cc1cc2c(cc1C)Cc1n[nH]c(=O)n1C=C2. The molecule has 86 valence electrons. The summed E-state index contributed by atoms with van der Waals surface area (Å²) in [5.41, 5.74) is 4.72. The Kier molecular flexibility index (Phi) is 2.04. The van der Waals surface area contributed by atoms with Crippen LogP contribution in [0.25, 0.3) is 12.3 Å². The molecule has 1 aliphatic rings. The maximum absolute atomic E-state index is 11.5. The van der Waals surface area contributed by atoms with Gasteiger partial charge in [-0.05, 0) is 42.2 Å². The molecule has 0 amide bonds. The highest BCUT2D eigenvalue weighted by molar-refractivity contribution is 5.66. The van der Waals surface area contributed by atoms with Crippen molar-refractivity contribution in [3.63, 3.8) is 0 Å². The van der Waals surface area contributed by atoms with E-state index in [1.807, 2.05) is 6.08 Å². The summed E-state index contributed by atoms with van der Waals surface area (Å²) in [5.74, 6) is 0.758. The van der Waals surface area contributed by atoms with E-state index in [1.54, 1.807) is 10.8 Å². The van der Waals surface area contributed by atoms with Crippen LogP contribution in [0, 0.1) is 13.8 Å². The number of aromatic nitrogens is 3. The number of rotatable bonds is 0. The highest BCUT2D eigenvalue weighted by atomic mass is 16.1. The van der Waals surface area contributed by atoms with E-state index in [9.17, 15) is 4.79 Å². The molecule has 0 saturated heterocycles. The van der Waals surface area contributed by atoms with Crippen molar-refractivity contribution in [3.8, 4) is 0 Å². The number of hydrogen-bond donors (Lipinski definition) is 1. The Morgan fingerprint density at radius 3 is 2.88 bits per heavy atom. The quantitative estimate of drug-likeness (QED) is 0.635. The van der Waals surface area contributed by atoms with Crippen LogP contribution in [0.3, 0.4) is 0 Å². The van der Waals surface area contributed by atoms with Crippen LogP contribution in [0.15, 0.2) is 16.9 Å². The molecule has 0 aliphatic carbocycles. The first-order chi connectivity index (χ1) is 8.15. The van der Waals surface area contributed by atoms with Crippen molar-refractivity contribution in [3.05, 3.63) is 50.7 Å². The molecular weight excluding hydrogens is 214 g/mol. The molecule has 0 fully saturated rings. The van der Waals surface area contributed by atoms with Gasteiger partial charge in [0.2, 0.25) is 0 Å². The summed E-state index contributed by atoms with van der Waals surface area (Å²) >= 11 is 0. The first-order valence-corrected chi connectivity index (χ1v) is 5.59. The van der Waals surface area contributed by atoms with Gasteiger partial charge in [-0.3, -0.25) is 4.57 Å². The fraction of sp³-hybridized carbons (Fsp3) is 0.231. The highest BCUT2D eigenvalue weighted by Crippen LogP contribution is 2.22. The molecule has 17 heavy (non-hydrogen) atoms. The average Bonchev–Trinajstić information content (AvgIpc) is 2.54. The number of nitrogens with zero attached hydrogens (tertiary/aromatic N) is 2. The van der Waals surface area contributed by atoms with Crippen LogP contribution < -0.4 is 5.69 Å². The van der Waals surface area contributed by atoms with Crippen LogP contribution >= 0.6 is 0 Å². The number of fused-ring (bicyclic) bond motifs is 2. The second-order valence-electron chi connectivity index (χ2n) is 4.44. The largest absolute Gasteiger partial charge is 0.347 e. The van der Waals surface area contributed by atoms with Crippen LogP contribution in [-0.2, 0) is 6.42 Å². The van der Waals surface area contributed by atoms with E-state index in [1.165, 1.54) is 16.7 Å². The molecule has 0 saturated carbocycles. The van der Waals surface area contributed by atoms with Gasteiger partial charge in [-0.2, -0.15) is 5.10 Å². The molecule has 2 aromatic rings. The first kappa shape index (κ1) is 10.1. The maximum Gasteiger partial charge on any atom is 0.347 e. The van der Waals surface area contributed by atoms with Crippen molar-refractivity contribution in [1.82, 2.24) is 14.8 Å². The van der Waals surface area contributed by atoms with Gasteiger partial charge in [0.15, 0.2) is 0 Å². The van der Waals surface area contributed by atoms with Gasteiger partial charge >= 0.3 is 5.69 Å². The predicted molar refractivity (Wildman–Crippen MR) is 66.8 cm³/mol. The highest BCUT2D eigenvalue weighted by Gasteiger charge is 2.13. The Morgan fingerprint density at radius 1 is 1.29 bits per heavy atom. The minimum Gasteiger partial charge on any atom is -0.254 e. The van der Waals surface area contributed by atoms with Crippen molar-refractivity contribution < 1.29 is 0 Å². The fourth-order valence-electron chi connectivity index (χ4n) is 2.15. The summed E-state index contributed by atoms with van der Waals surface area (Å²) in [5, 5.41) is 6.51. The Labute approximate surface area is 98.6 Å². The molecule has 1 aliphatic heterocycles. The third-order valence-electron chi connectivity index (χ3n) is 3.28. The topological polar surface area (TPSA) is 50.7 Å². The molecule has 4 nitrogen and oxygen atoms in total. The lowest BCUT2D eigenvalue weighted by atomic mass is 9.98. The van der Waals surface area contributed by atoms with Crippen molar-refractivity contribution in [1.29, 1.82) is 0 Å². The normalized spacial score (nSPS) is 13.1. The molecule has 0 radical (unpaired) electrons. The van der Waals surface area contributed by atoms with E-state index in [-0.39, 0.29) is 5.69 Å². The maximum atomic E-state index is 11.5. The molecule has 1 aromatic carbocycles. The van der Waals surface area contributed by atoms with Gasteiger partial charge in [0.05, 0.1) is 0 Å². The molecule has 0 spiro atoms. The van der Waals surface area contributed by atoms with Crippen molar-refractivity contribution in [2.75, 3.05) is 0 Å². The van der Waals surface area contributed by atoms with E-state index in [0.717, 1.165) is 11.4 Å². The van der Waals surface area contributed by atoms with E-state index >= 15 is 0 Å². The molecule has 3 rings (SSSR count). The van der Waals surface area contributed by atoms with Gasteiger partial charge < -0.3 is 0 Å². The molecule has 0 atom stereocenters. The number of hydrogen-bond acceptors (Lipinski definition) is 2. The Balaban J connectivity index is 2.22. The smallest absolute Gasteiger partial charge is 0.254 e. The number of nitrogens with one attached hydrogen (secondary N) is 1. The van der Waals surface area contributed by atoms with Crippen LogP contribution in [0.1, 0.15) is 28.1 Å². The zero-order valence-corrected chi connectivity index (χ0v) is 9.82. The zero-order valence-electron chi connectivity index (χ0n) is 9.82. The molecule has 2 heterocycles. The first-order valence-electron chi connectivity index (χ1n) is 5.59. The van der Waals surface area contributed by atoms with Gasteiger partial charge in [0.25, 0.3) is 0 Å². The van der Waals surface area contributed by atoms with Gasteiger partial charge in [-0.15, -0.1) is 0 Å². The van der Waals surface area contributed by atoms with E-state index < -0.39 is 0 Å². The zero-order chi connectivity index (χ0) is 12.0. The molecule has 4 heteroatoms. The standard InChI is InChI=1S/C13H13N3O/c1-8-5-10-3-4-16-12(14-15-13(16)17)7-11(10)6-9(8)2/h3-6H,7H2,1-2H3,(H,15,17). The van der Waals surface area contributed by atoms with E-state index in [2.05, 4.69) is 36.2 Å². The predicted octanol–water partition coefficient (Wildman–Crippen LogP) is 1.72. The molecule has 1 N–H and O–H groups in total. The number of H-pyrrole nitrogens is 1. The molecular formula is C13H13N3O. The lowest BCUT2D eigenvalue weighted by Crippen LogP contribution is -2.12. The van der Waals surface area contributed by atoms with Gasteiger partial charge in [0.1, 0.15) is 5.82 Å². The van der Waals surface area contributed by atoms with Gasteiger partial charge in [-0.1, -0.05) is 12.1 Å². The summed E-state index contributed by atoms with van der Waals surface area (Å²) in [6, 6.07) is 4.33. The minimum atomic E-state index is -0.183. The summed E-state index contributed by atoms with van der Waals surface area (Å²) in [6.07, 6.45) is 4.43. The summed E-state index contributed by atoms with van der Waals surface area (Å²) < 4.78 is 1.56. The van der Waals surface area contributed by atoms with Crippen LogP contribution in [0.4, 0.5) is 0 Å². The van der Waals surface area contributed by atoms with Crippen LogP contribution in [0.5, 0.6) is 0 Å². The fourth-order valence-corrected chi connectivity index (χ4v) is 2.15. The Bertz CT molecular complexity index is 676. The third kappa shape index (κ3) is 1.53. The third-order valence-corrected chi connectivity index (χ3v) is 3.28. The van der Waals surface area contributed by atoms with Gasteiger partial charge in [-0.25, -0.2) is 9.89 Å². The number of aromatic amines is 1. The van der Waals surface area contributed by atoms with Crippen molar-refractivity contribution in [2.24, 2.45) is 0 Å². The summed E-state index contributed by atoms with van der Waals surface area (Å²) in [7, 11) is 0. The van der Waals surface area contributed by atoms with E-state index in [4.69, 9.17) is 0 Å². The second kappa shape index (κ2) is 3.45. The summed E-state index contributed by atoms with van der Waals surface area (Å²) in [6.45, 7) is 4.20. The van der Waals surface area contributed by atoms with Crippen molar-refractivity contribution in [2.45, 2.75) is 20.3 Å². The molecule has 0 bridgehead atoms. The Hall–Kier alpha value is -2.10. The van der Waals surface area contributed by atoms with E-state index in [0.29, 0.717) is 6.42 Å².